The van der Waals surface area contributed by atoms with Crippen LogP contribution in [0, 0.1) is 6.92 Å². The van der Waals surface area contributed by atoms with Crippen molar-refractivity contribution in [2.45, 2.75) is 13.1 Å². The number of aryl methyl sites for hydroxylation is 1. The predicted octanol–water partition coefficient (Wildman–Crippen LogP) is 3.30. The Morgan fingerprint density at radius 2 is 2.05 bits per heavy atom. The molecule has 1 N–H and O–H groups in total. The summed E-state index contributed by atoms with van der Waals surface area (Å²) in [7, 11) is 0. The van der Waals surface area contributed by atoms with Gasteiger partial charge < -0.3 is 9.73 Å². The van der Waals surface area contributed by atoms with Gasteiger partial charge in [0.15, 0.2) is 0 Å². The average Bonchev–Trinajstić information content (AvgIpc) is 2.77. The van der Waals surface area contributed by atoms with E-state index in [1.807, 2.05) is 0 Å². The molecule has 0 unspecified atom stereocenters. The molecule has 0 atom stereocenters. The van der Waals surface area contributed by atoms with Crippen LogP contribution in [0.5, 0.6) is 0 Å². The number of nitrogens with zero attached hydrogens (tertiary/aromatic N) is 2. The van der Waals surface area contributed by atoms with Gasteiger partial charge in [0.2, 0.25) is 5.89 Å². The van der Waals surface area contributed by atoms with Gasteiger partial charge in [-0.1, -0.05) is 11.6 Å². The number of amides is 1. The minimum absolute atomic E-state index is 0.0936. The summed E-state index contributed by atoms with van der Waals surface area (Å²) in [5.74, 6) is -1.23. The Hall–Kier alpha value is -2.09. The number of alkyl halides is 3. The second-order valence-electron chi connectivity index (χ2n) is 3.77. The van der Waals surface area contributed by atoms with Crippen LogP contribution in [0.2, 0.25) is 5.02 Å². The molecule has 0 radical (unpaired) electrons. The van der Waals surface area contributed by atoms with Gasteiger partial charge in [0.25, 0.3) is 0 Å². The summed E-state index contributed by atoms with van der Waals surface area (Å²) in [6.07, 6.45) is -4.65. The van der Waals surface area contributed by atoms with E-state index in [1.54, 1.807) is 0 Å². The third-order valence-electron chi connectivity index (χ3n) is 2.26. The third-order valence-corrected chi connectivity index (χ3v) is 2.49. The van der Waals surface area contributed by atoms with Crippen LogP contribution in [0.4, 0.5) is 18.9 Å². The Kier molecular flexibility index (Phi) is 3.67. The number of aromatic nitrogens is 2. The Labute approximate surface area is 115 Å². The molecule has 20 heavy (non-hydrogen) atoms. The van der Waals surface area contributed by atoms with Crippen LogP contribution < -0.4 is 5.32 Å². The van der Waals surface area contributed by atoms with Crippen LogP contribution in [0.25, 0.3) is 0 Å². The Balaban J connectivity index is 2.32. The molecule has 1 aromatic carbocycles. The van der Waals surface area contributed by atoms with Gasteiger partial charge in [0.1, 0.15) is 0 Å². The average molecular weight is 306 g/mol. The topological polar surface area (TPSA) is 68.0 Å². The van der Waals surface area contributed by atoms with Gasteiger partial charge in [-0.2, -0.15) is 13.2 Å². The Morgan fingerprint density at radius 3 is 2.60 bits per heavy atom. The summed E-state index contributed by atoms with van der Waals surface area (Å²) in [5.41, 5.74) is -1.50. The summed E-state index contributed by atoms with van der Waals surface area (Å²) in [5, 5.41) is 8.80. The smallest absolute Gasteiger partial charge is 0.417 e. The van der Waals surface area contributed by atoms with Gasteiger partial charge in [-0.05, 0) is 18.2 Å². The minimum Gasteiger partial charge on any atom is -0.417 e. The van der Waals surface area contributed by atoms with Gasteiger partial charge >= 0.3 is 18.0 Å². The number of halogens is 4. The lowest BCUT2D eigenvalue weighted by Gasteiger charge is -2.13. The Morgan fingerprint density at radius 1 is 1.35 bits per heavy atom. The summed E-state index contributed by atoms with van der Waals surface area (Å²) in [4.78, 5) is 11.7. The molecule has 1 amide bonds. The number of rotatable bonds is 2. The van der Waals surface area contributed by atoms with Gasteiger partial charge in [-0.25, -0.2) is 0 Å². The SMILES string of the molecule is Cc1nnc(C(=O)Nc2ccc(Cl)cc2C(F)(F)F)o1. The van der Waals surface area contributed by atoms with Crippen molar-refractivity contribution in [3.05, 3.63) is 40.6 Å². The lowest BCUT2D eigenvalue weighted by molar-refractivity contribution is -0.136. The van der Waals surface area contributed by atoms with E-state index in [9.17, 15) is 18.0 Å². The standard InChI is InChI=1S/C11H7ClF3N3O2/c1-5-17-18-10(20-5)9(19)16-8-3-2-6(12)4-7(8)11(13,14)15/h2-4H,1H3,(H,16,19). The molecule has 106 valence electrons. The van der Waals surface area contributed by atoms with Crippen LogP contribution in [-0.4, -0.2) is 16.1 Å². The van der Waals surface area contributed by atoms with E-state index in [-0.39, 0.29) is 10.9 Å². The normalized spacial score (nSPS) is 11.4. The highest BCUT2D eigenvalue weighted by molar-refractivity contribution is 6.30. The van der Waals surface area contributed by atoms with E-state index < -0.39 is 29.2 Å². The summed E-state index contributed by atoms with van der Waals surface area (Å²) < 4.78 is 43.3. The van der Waals surface area contributed by atoms with Gasteiger partial charge in [-0.3, -0.25) is 4.79 Å². The number of benzene rings is 1. The zero-order chi connectivity index (χ0) is 14.9. The fourth-order valence-corrected chi connectivity index (χ4v) is 1.60. The van der Waals surface area contributed by atoms with E-state index in [0.717, 1.165) is 12.1 Å². The maximum Gasteiger partial charge on any atom is 0.418 e. The van der Waals surface area contributed by atoms with E-state index in [4.69, 9.17) is 16.0 Å². The van der Waals surface area contributed by atoms with E-state index >= 15 is 0 Å². The molecule has 0 fully saturated rings. The van der Waals surface area contributed by atoms with Crippen molar-refractivity contribution >= 4 is 23.2 Å². The van der Waals surface area contributed by atoms with Gasteiger partial charge in [0.05, 0.1) is 11.3 Å². The molecule has 0 spiro atoms. The van der Waals surface area contributed by atoms with Crippen molar-refractivity contribution in [3.63, 3.8) is 0 Å². The van der Waals surface area contributed by atoms with Crippen LogP contribution >= 0.6 is 11.6 Å². The van der Waals surface area contributed by atoms with E-state index in [2.05, 4.69) is 15.5 Å². The maximum atomic E-state index is 12.8. The quantitative estimate of drug-likeness (QED) is 0.924. The largest absolute Gasteiger partial charge is 0.418 e. The predicted molar refractivity (Wildman–Crippen MR) is 63.4 cm³/mol. The van der Waals surface area contributed by atoms with Crippen LogP contribution in [0.3, 0.4) is 0 Å². The van der Waals surface area contributed by atoms with Gasteiger partial charge in [0, 0.05) is 11.9 Å². The number of carbonyl (C=O) groups excluding carboxylic acids is 1. The number of hydrogen-bond donors (Lipinski definition) is 1. The lowest BCUT2D eigenvalue weighted by atomic mass is 10.1. The summed E-state index contributed by atoms with van der Waals surface area (Å²) in [6, 6.07) is 2.99. The van der Waals surface area contributed by atoms with Crippen molar-refractivity contribution in [1.82, 2.24) is 10.2 Å². The number of hydrogen-bond acceptors (Lipinski definition) is 4. The van der Waals surface area contributed by atoms with Crippen molar-refractivity contribution in [2.75, 3.05) is 5.32 Å². The molecule has 1 aromatic heterocycles. The molecule has 0 bridgehead atoms. The molecule has 0 aliphatic heterocycles. The third kappa shape index (κ3) is 3.08. The van der Waals surface area contributed by atoms with Crippen molar-refractivity contribution in [3.8, 4) is 0 Å². The van der Waals surface area contributed by atoms with E-state index in [0.29, 0.717) is 0 Å². The zero-order valence-electron chi connectivity index (χ0n) is 9.95. The fourth-order valence-electron chi connectivity index (χ4n) is 1.42. The monoisotopic (exact) mass is 305 g/mol. The first-order chi connectivity index (χ1) is 9.27. The molecule has 0 saturated heterocycles. The highest BCUT2D eigenvalue weighted by Crippen LogP contribution is 2.36. The van der Waals surface area contributed by atoms with Gasteiger partial charge in [-0.15, -0.1) is 10.2 Å². The van der Waals surface area contributed by atoms with Crippen LogP contribution in [0.1, 0.15) is 22.1 Å². The van der Waals surface area contributed by atoms with Crippen molar-refractivity contribution in [1.29, 1.82) is 0 Å². The molecule has 1 heterocycles. The first-order valence-electron chi connectivity index (χ1n) is 5.25. The molecule has 0 aliphatic carbocycles. The zero-order valence-corrected chi connectivity index (χ0v) is 10.7. The van der Waals surface area contributed by atoms with E-state index in [1.165, 1.54) is 13.0 Å². The second-order valence-corrected chi connectivity index (χ2v) is 4.20. The minimum atomic E-state index is -4.65. The summed E-state index contributed by atoms with van der Waals surface area (Å²) >= 11 is 5.53. The lowest BCUT2D eigenvalue weighted by Crippen LogP contribution is -2.17. The maximum absolute atomic E-state index is 12.8. The Bertz CT molecular complexity index is 655. The second kappa shape index (κ2) is 5.12. The molecule has 9 heteroatoms. The molecule has 2 rings (SSSR count). The molecule has 0 aliphatic rings. The number of nitrogens with one attached hydrogen (secondary N) is 1. The van der Waals surface area contributed by atoms with Crippen LogP contribution in [-0.2, 0) is 6.18 Å². The van der Waals surface area contributed by atoms with Crippen LogP contribution in [0.15, 0.2) is 22.6 Å². The number of carbonyl (C=O) groups is 1. The van der Waals surface area contributed by atoms with Crippen molar-refractivity contribution < 1.29 is 22.4 Å². The molecule has 0 saturated carbocycles. The number of anilines is 1. The van der Waals surface area contributed by atoms with Crippen molar-refractivity contribution in [2.24, 2.45) is 0 Å². The highest BCUT2D eigenvalue weighted by Gasteiger charge is 2.34. The molecule has 2 aromatic rings. The first-order valence-corrected chi connectivity index (χ1v) is 5.63. The summed E-state index contributed by atoms with van der Waals surface area (Å²) in [6.45, 7) is 1.45. The highest BCUT2D eigenvalue weighted by atomic mass is 35.5. The fraction of sp³-hybridized carbons (Fsp3) is 0.182. The molecular formula is C11H7ClF3N3O2. The first kappa shape index (κ1) is 14.3. The molecular weight excluding hydrogens is 299 g/mol. The molecule has 5 nitrogen and oxygen atoms in total.